The zero-order chi connectivity index (χ0) is 17.6. The second-order valence-corrected chi connectivity index (χ2v) is 8.10. The summed E-state index contributed by atoms with van der Waals surface area (Å²) < 4.78 is 0.978. The van der Waals surface area contributed by atoms with Crippen molar-refractivity contribution in [2.75, 3.05) is 19.3 Å². The van der Waals surface area contributed by atoms with Gasteiger partial charge in [-0.05, 0) is 25.5 Å². The molecule has 2 N–H and O–H groups in total. The number of para-hydroxylation sites is 2. The molecule has 0 aliphatic heterocycles. The van der Waals surface area contributed by atoms with Crippen LogP contribution in [0, 0.1) is 6.92 Å². The Balaban J connectivity index is 1.38. The number of aromatic amines is 1. The molecule has 3 rings (SSSR count). The van der Waals surface area contributed by atoms with E-state index in [9.17, 15) is 4.79 Å². The smallest absolute Gasteiger partial charge is 0.317 e. The maximum atomic E-state index is 12.1. The van der Waals surface area contributed by atoms with Gasteiger partial charge in [-0.15, -0.1) is 10.2 Å². The van der Waals surface area contributed by atoms with E-state index in [0.717, 1.165) is 38.4 Å². The molecule has 2 aromatic heterocycles. The van der Waals surface area contributed by atoms with Crippen LogP contribution in [0.4, 0.5) is 4.79 Å². The van der Waals surface area contributed by atoms with Crippen molar-refractivity contribution >= 4 is 40.2 Å². The molecule has 2 heterocycles. The van der Waals surface area contributed by atoms with Gasteiger partial charge in [0.1, 0.15) is 10.8 Å². The predicted molar refractivity (Wildman–Crippen MR) is 101 cm³/mol. The summed E-state index contributed by atoms with van der Waals surface area (Å²) in [6.45, 7) is 3.02. The molecule has 0 unspecified atom stereocenters. The molecule has 0 aliphatic rings. The van der Waals surface area contributed by atoms with Crippen LogP contribution in [0.15, 0.2) is 28.6 Å². The quantitative estimate of drug-likeness (QED) is 0.489. The summed E-state index contributed by atoms with van der Waals surface area (Å²) >= 11 is 3.27. The van der Waals surface area contributed by atoms with E-state index in [4.69, 9.17) is 0 Å². The molecule has 132 valence electrons. The summed E-state index contributed by atoms with van der Waals surface area (Å²) in [7, 11) is 1.77. The van der Waals surface area contributed by atoms with Crippen molar-refractivity contribution in [3.63, 3.8) is 0 Å². The molecule has 7 nitrogen and oxygen atoms in total. The average molecular weight is 377 g/mol. The number of rotatable bonds is 7. The third-order valence-electron chi connectivity index (χ3n) is 3.50. The molecular weight excluding hydrogens is 356 g/mol. The number of aromatic nitrogens is 4. The molecule has 25 heavy (non-hydrogen) atoms. The molecule has 1 aromatic carbocycles. The van der Waals surface area contributed by atoms with Crippen molar-refractivity contribution in [2.24, 2.45) is 0 Å². The van der Waals surface area contributed by atoms with Crippen molar-refractivity contribution in [1.82, 2.24) is 30.4 Å². The fourth-order valence-electron chi connectivity index (χ4n) is 2.28. The molecule has 0 fully saturated rings. The number of fused-ring (bicyclic) bond motifs is 1. The van der Waals surface area contributed by atoms with Gasteiger partial charge >= 0.3 is 6.03 Å². The van der Waals surface area contributed by atoms with E-state index in [1.807, 2.05) is 31.2 Å². The van der Waals surface area contributed by atoms with Crippen LogP contribution in [0.5, 0.6) is 0 Å². The summed E-state index contributed by atoms with van der Waals surface area (Å²) in [4.78, 5) is 21.5. The van der Waals surface area contributed by atoms with E-state index < -0.39 is 0 Å². The largest absolute Gasteiger partial charge is 0.340 e. The van der Waals surface area contributed by atoms with Crippen molar-refractivity contribution in [2.45, 2.75) is 24.2 Å². The zero-order valence-electron chi connectivity index (χ0n) is 14.2. The van der Waals surface area contributed by atoms with Gasteiger partial charge in [0.15, 0.2) is 4.34 Å². The number of nitrogens with zero attached hydrogens (tertiary/aromatic N) is 4. The summed E-state index contributed by atoms with van der Waals surface area (Å²) in [5.41, 5.74) is 1.89. The minimum Gasteiger partial charge on any atom is -0.340 e. The Morgan fingerprint density at radius 1 is 1.36 bits per heavy atom. The van der Waals surface area contributed by atoms with Crippen LogP contribution in [0.1, 0.15) is 17.3 Å². The number of H-pyrrole nitrogens is 1. The first-order valence-electron chi connectivity index (χ1n) is 7.97. The number of aryl methyl sites for hydroxylation is 1. The lowest BCUT2D eigenvalue weighted by Crippen LogP contribution is -2.37. The van der Waals surface area contributed by atoms with Crippen molar-refractivity contribution < 1.29 is 4.79 Å². The topological polar surface area (TPSA) is 86.8 Å². The SMILES string of the molecule is Cc1nnc(SCCCNC(=O)N(C)Cc2nc3ccccc3[nH]2)s1. The second kappa shape index (κ2) is 8.30. The number of benzene rings is 1. The van der Waals surface area contributed by atoms with Crippen LogP contribution in [0.2, 0.25) is 0 Å². The first-order chi connectivity index (χ1) is 12.1. The zero-order valence-corrected chi connectivity index (χ0v) is 15.8. The van der Waals surface area contributed by atoms with Crippen molar-refractivity contribution in [3.8, 4) is 0 Å². The van der Waals surface area contributed by atoms with Gasteiger partial charge in [0.25, 0.3) is 0 Å². The summed E-state index contributed by atoms with van der Waals surface area (Å²) in [5, 5.41) is 12.0. The molecule has 3 aromatic rings. The molecule has 9 heteroatoms. The van der Waals surface area contributed by atoms with Crippen LogP contribution in [-0.4, -0.2) is 50.4 Å². The summed E-state index contributed by atoms with van der Waals surface area (Å²) in [6.07, 6.45) is 0.882. The van der Waals surface area contributed by atoms with E-state index in [-0.39, 0.29) is 6.03 Å². The average Bonchev–Trinajstić information content (AvgIpc) is 3.19. The predicted octanol–water partition coefficient (Wildman–Crippen LogP) is 3.05. The Morgan fingerprint density at radius 3 is 2.96 bits per heavy atom. The summed E-state index contributed by atoms with van der Waals surface area (Å²) in [5.74, 6) is 1.68. The highest BCUT2D eigenvalue weighted by molar-refractivity contribution is 8.01. The highest BCUT2D eigenvalue weighted by Gasteiger charge is 2.11. The lowest BCUT2D eigenvalue weighted by atomic mass is 10.3. The maximum absolute atomic E-state index is 12.1. The van der Waals surface area contributed by atoms with E-state index >= 15 is 0 Å². The number of amides is 2. The molecule has 0 bridgehead atoms. The lowest BCUT2D eigenvalue weighted by Gasteiger charge is -2.16. The van der Waals surface area contributed by atoms with Crippen LogP contribution in [-0.2, 0) is 6.54 Å². The molecule has 0 saturated carbocycles. The Hall–Kier alpha value is -2.13. The van der Waals surface area contributed by atoms with Crippen LogP contribution < -0.4 is 5.32 Å². The molecular formula is C16H20N6OS2. The highest BCUT2D eigenvalue weighted by Crippen LogP contribution is 2.22. The lowest BCUT2D eigenvalue weighted by molar-refractivity contribution is 0.206. The van der Waals surface area contributed by atoms with Crippen LogP contribution in [0.3, 0.4) is 0 Å². The minimum absolute atomic E-state index is 0.0998. The molecule has 0 atom stereocenters. The fourth-order valence-corrected chi connectivity index (χ4v) is 4.10. The van der Waals surface area contributed by atoms with Gasteiger partial charge in [-0.2, -0.15) is 0 Å². The number of imidazole rings is 1. The number of carbonyl (C=O) groups excluding carboxylic acids is 1. The Labute approximate surface area is 154 Å². The van der Waals surface area contributed by atoms with E-state index in [1.54, 1.807) is 35.0 Å². The van der Waals surface area contributed by atoms with Gasteiger partial charge in [-0.25, -0.2) is 9.78 Å². The molecule has 0 radical (unpaired) electrons. The van der Waals surface area contributed by atoms with E-state index in [1.165, 1.54) is 0 Å². The number of hydrogen-bond acceptors (Lipinski definition) is 6. The number of thioether (sulfide) groups is 1. The van der Waals surface area contributed by atoms with Crippen LogP contribution in [0.25, 0.3) is 11.0 Å². The maximum Gasteiger partial charge on any atom is 0.317 e. The van der Waals surface area contributed by atoms with E-state index in [2.05, 4.69) is 25.5 Å². The van der Waals surface area contributed by atoms with Gasteiger partial charge in [-0.1, -0.05) is 35.2 Å². The van der Waals surface area contributed by atoms with Gasteiger partial charge in [0.05, 0.1) is 17.6 Å². The van der Waals surface area contributed by atoms with Crippen molar-refractivity contribution in [3.05, 3.63) is 35.1 Å². The Morgan fingerprint density at radius 2 is 2.20 bits per heavy atom. The fraction of sp³-hybridized carbons (Fsp3) is 0.375. The third kappa shape index (κ3) is 4.93. The number of urea groups is 1. The molecule has 0 aliphatic carbocycles. The molecule has 0 spiro atoms. The highest BCUT2D eigenvalue weighted by atomic mass is 32.2. The number of carbonyl (C=O) groups is 1. The normalized spacial score (nSPS) is 11.0. The number of nitrogens with one attached hydrogen (secondary N) is 2. The van der Waals surface area contributed by atoms with Gasteiger partial charge in [0.2, 0.25) is 0 Å². The standard InChI is InChI=1S/C16H20N6OS2/c1-11-20-21-16(25-11)24-9-5-8-17-15(23)22(2)10-14-18-12-6-3-4-7-13(12)19-14/h3-4,6-7H,5,8-10H2,1-2H3,(H,17,23)(H,18,19). The summed E-state index contributed by atoms with van der Waals surface area (Å²) in [6, 6.07) is 7.74. The molecule has 0 saturated heterocycles. The number of hydrogen-bond donors (Lipinski definition) is 2. The minimum atomic E-state index is -0.0998. The van der Waals surface area contributed by atoms with E-state index in [0.29, 0.717) is 13.1 Å². The molecule has 2 amide bonds. The Kier molecular flexibility index (Phi) is 5.87. The Bertz CT molecular complexity index is 813. The van der Waals surface area contributed by atoms with Gasteiger partial charge < -0.3 is 15.2 Å². The van der Waals surface area contributed by atoms with Gasteiger partial charge in [-0.3, -0.25) is 0 Å². The third-order valence-corrected chi connectivity index (χ3v) is 5.56. The first-order valence-corrected chi connectivity index (χ1v) is 9.77. The monoisotopic (exact) mass is 376 g/mol. The van der Waals surface area contributed by atoms with Crippen molar-refractivity contribution in [1.29, 1.82) is 0 Å². The van der Waals surface area contributed by atoms with Gasteiger partial charge in [0, 0.05) is 19.3 Å². The second-order valence-electron chi connectivity index (χ2n) is 5.58. The van der Waals surface area contributed by atoms with Crippen LogP contribution >= 0.6 is 23.1 Å². The first kappa shape index (κ1) is 17.7.